The average Bonchev–Trinajstić information content (AvgIpc) is 2.76. The SMILES string of the molecule is Cc1ccc(S(=O)(=O)N(C)Cc2ccc(C(=O)N/N=C\c3ccc(F)cc3F)cc2)cc1. The van der Waals surface area contributed by atoms with Gasteiger partial charge in [-0.3, -0.25) is 4.79 Å². The van der Waals surface area contributed by atoms with Crippen LogP contribution >= 0.6 is 0 Å². The number of hydrogen-bond acceptors (Lipinski definition) is 4. The van der Waals surface area contributed by atoms with Crippen molar-refractivity contribution in [2.45, 2.75) is 18.4 Å². The van der Waals surface area contributed by atoms with Crippen molar-refractivity contribution in [1.82, 2.24) is 9.73 Å². The Morgan fingerprint density at radius 1 is 1.03 bits per heavy atom. The molecule has 0 saturated carbocycles. The van der Waals surface area contributed by atoms with Gasteiger partial charge in [-0.05, 0) is 48.9 Å². The Morgan fingerprint density at radius 2 is 1.69 bits per heavy atom. The van der Waals surface area contributed by atoms with Crippen LogP contribution < -0.4 is 5.43 Å². The van der Waals surface area contributed by atoms with E-state index >= 15 is 0 Å². The maximum Gasteiger partial charge on any atom is 0.271 e. The maximum atomic E-state index is 13.6. The van der Waals surface area contributed by atoms with E-state index in [1.165, 1.54) is 29.6 Å². The van der Waals surface area contributed by atoms with Crippen LogP contribution in [-0.4, -0.2) is 31.9 Å². The van der Waals surface area contributed by atoms with Gasteiger partial charge in [0.25, 0.3) is 5.91 Å². The van der Waals surface area contributed by atoms with Gasteiger partial charge >= 0.3 is 0 Å². The smallest absolute Gasteiger partial charge is 0.267 e. The van der Waals surface area contributed by atoms with Crippen LogP contribution in [-0.2, 0) is 16.6 Å². The highest BCUT2D eigenvalue weighted by Gasteiger charge is 2.20. The Hall–Kier alpha value is -3.43. The molecule has 0 bridgehead atoms. The minimum absolute atomic E-state index is 0.0277. The first-order valence-electron chi connectivity index (χ1n) is 9.57. The Bertz CT molecular complexity index is 1240. The fraction of sp³-hybridized carbons (Fsp3) is 0.130. The van der Waals surface area contributed by atoms with Crippen molar-refractivity contribution in [2.75, 3.05) is 7.05 Å². The van der Waals surface area contributed by atoms with Gasteiger partial charge in [-0.2, -0.15) is 9.41 Å². The van der Waals surface area contributed by atoms with E-state index < -0.39 is 27.6 Å². The third-order valence-corrected chi connectivity index (χ3v) is 6.50. The molecule has 0 aliphatic rings. The second kappa shape index (κ2) is 9.80. The van der Waals surface area contributed by atoms with E-state index in [1.807, 2.05) is 6.92 Å². The topological polar surface area (TPSA) is 78.8 Å². The monoisotopic (exact) mass is 457 g/mol. The lowest BCUT2D eigenvalue weighted by Gasteiger charge is -2.17. The van der Waals surface area contributed by atoms with Crippen LogP contribution in [0.1, 0.15) is 27.0 Å². The van der Waals surface area contributed by atoms with Crippen LogP contribution in [0.3, 0.4) is 0 Å². The summed E-state index contributed by atoms with van der Waals surface area (Å²) in [6.45, 7) is 2.00. The highest BCUT2D eigenvalue weighted by Crippen LogP contribution is 2.17. The van der Waals surface area contributed by atoms with Crippen molar-refractivity contribution in [3.8, 4) is 0 Å². The first-order chi connectivity index (χ1) is 15.2. The summed E-state index contributed by atoms with van der Waals surface area (Å²) in [7, 11) is -2.16. The van der Waals surface area contributed by atoms with Crippen LogP contribution in [0.5, 0.6) is 0 Å². The Kier molecular flexibility index (Phi) is 7.12. The lowest BCUT2D eigenvalue weighted by Crippen LogP contribution is -2.26. The standard InChI is InChI=1S/C23H21F2N3O3S/c1-16-3-11-21(12-4-16)32(30,31)28(2)15-17-5-7-18(8-6-17)23(29)27-26-14-19-9-10-20(24)13-22(19)25/h3-14H,15H2,1-2H3,(H,27,29)/b26-14-. The molecule has 0 radical (unpaired) electrons. The van der Waals surface area contributed by atoms with E-state index in [9.17, 15) is 22.0 Å². The number of amides is 1. The predicted octanol–water partition coefficient (Wildman–Crippen LogP) is 3.86. The molecule has 0 aromatic heterocycles. The summed E-state index contributed by atoms with van der Waals surface area (Å²) in [5, 5.41) is 3.68. The molecule has 1 N–H and O–H groups in total. The Labute approximate surface area is 185 Å². The summed E-state index contributed by atoms with van der Waals surface area (Å²) in [6, 6.07) is 16.0. The first kappa shape index (κ1) is 23.2. The van der Waals surface area contributed by atoms with Gasteiger partial charge in [0.1, 0.15) is 11.6 Å². The van der Waals surface area contributed by atoms with E-state index in [4.69, 9.17) is 0 Å². The Morgan fingerprint density at radius 3 is 2.31 bits per heavy atom. The fourth-order valence-electron chi connectivity index (χ4n) is 2.82. The number of carbonyl (C=O) groups is 1. The number of sulfonamides is 1. The van der Waals surface area contributed by atoms with Crippen molar-refractivity contribution in [3.63, 3.8) is 0 Å². The number of rotatable bonds is 7. The molecule has 9 heteroatoms. The largest absolute Gasteiger partial charge is 0.271 e. The van der Waals surface area contributed by atoms with Crippen LogP contribution in [0.2, 0.25) is 0 Å². The minimum Gasteiger partial charge on any atom is -0.267 e. The molecule has 0 saturated heterocycles. The normalized spacial score (nSPS) is 11.8. The van der Waals surface area contributed by atoms with E-state index in [0.29, 0.717) is 5.56 Å². The molecule has 3 aromatic rings. The second-order valence-electron chi connectivity index (χ2n) is 7.14. The van der Waals surface area contributed by atoms with E-state index in [-0.39, 0.29) is 22.6 Å². The number of hydrazone groups is 1. The zero-order valence-corrected chi connectivity index (χ0v) is 18.2. The molecule has 0 aliphatic carbocycles. The van der Waals surface area contributed by atoms with Crippen LogP contribution in [0.25, 0.3) is 0 Å². The number of hydrogen-bond donors (Lipinski definition) is 1. The summed E-state index contributed by atoms with van der Waals surface area (Å²) >= 11 is 0. The first-order valence-corrected chi connectivity index (χ1v) is 11.0. The molecule has 1 amide bonds. The zero-order valence-electron chi connectivity index (χ0n) is 17.4. The molecule has 0 unspecified atom stereocenters. The molecule has 0 heterocycles. The summed E-state index contributed by atoms with van der Waals surface area (Å²) in [5.41, 5.74) is 4.23. The zero-order chi connectivity index (χ0) is 23.3. The van der Waals surface area contributed by atoms with Gasteiger partial charge in [-0.1, -0.05) is 29.8 Å². The van der Waals surface area contributed by atoms with E-state index in [2.05, 4.69) is 10.5 Å². The predicted molar refractivity (Wildman–Crippen MR) is 118 cm³/mol. The average molecular weight is 458 g/mol. The van der Waals surface area contributed by atoms with Gasteiger partial charge in [-0.25, -0.2) is 22.6 Å². The molecule has 32 heavy (non-hydrogen) atoms. The number of benzene rings is 3. The number of halogens is 2. The maximum absolute atomic E-state index is 13.6. The quantitative estimate of drug-likeness (QED) is 0.432. The van der Waals surface area contributed by atoms with Gasteiger partial charge in [-0.15, -0.1) is 0 Å². The fourth-order valence-corrected chi connectivity index (χ4v) is 3.98. The highest BCUT2D eigenvalue weighted by atomic mass is 32.2. The molecule has 166 valence electrons. The number of nitrogens with zero attached hydrogens (tertiary/aromatic N) is 2. The van der Waals surface area contributed by atoms with Crippen molar-refractivity contribution < 1.29 is 22.0 Å². The summed E-state index contributed by atoms with van der Waals surface area (Å²) in [5.74, 6) is -2.03. The summed E-state index contributed by atoms with van der Waals surface area (Å²) in [6.07, 6.45) is 1.08. The van der Waals surface area contributed by atoms with Crippen LogP contribution in [0, 0.1) is 18.6 Å². The van der Waals surface area contributed by atoms with E-state index in [0.717, 1.165) is 23.9 Å². The molecule has 0 aliphatic heterocycles. The van der Waals surface area contributed by atoms with Gasteiger partial charge in [0.15, 0.2) is 0 Å². The van der Waals surface area contributed by atoms with Crippen molar-refractivity contribution in [3.05, 3.63) is 101 Å². The molecule has 3 aromatic carbocycles. The lowest BCUT2D eigenvalue weighted by atomic mass is 10.1. The molecular formula is C23H21F2N3O3S. The minimum atomic E-state index is -3.64. The van der Waals surface area contributed by atoms with Gasteiger partial charge in [0.2, 0.25) is 10.0 Å². The Balaban J connectivity index is 1.62. The molecule has 0 fully saturated rings. The van der Waals surface area contributed by atoms with Crippen molar-refractivity contribution in [1.29, 1.82) is 0 Å². The molecule has 6 nitrogen and oxygen atoms in total. The van der Waals surface area contributed by atoms with Gasteiger partial charge < -0.3 is 0 Å². The third kappa shape index (κ3) is 5.63. The number of aryl methyl sites for hydroxylation is 1. The highest BCUT2D eigenvalue weighted by molar-refractivity contribution is 7.89. The molecular weight excluding hydrogens is 436 g/mol. The molecule has 0 atom stereocenters. The van der Waals surface area contributed by atoms with Crippen molar-refractivity contribution >= 4 is 22.1 Å². The summed E-state index contributed by atoms with van der Waals surface area (Å²) < 4.78 is 53.1. The van der Waals surface area contributed by atoms with Gasteiger partial charge in [0, 0.05) is 30.8 Å². The van der Waals surface area contributed by atoms with Crippen LogP contribution in [0.4, 0.5) is 8.78 Å². The third-order valence-electron chi connectivity index (χ3n) is 4.68. The number of nitrogens with one attached hydrogen (secondary N) is 1. The van der Waals surface area contributed by atoms with Gasteiger partial charge in [0.05, 0.1) is 11.1 Å². The van der Waals surface area contributed by atoms with Crippen LogP contribution in [0.15, 0.2) is 76.7 Å². The summed E-state index contributed by atoms with van der Waals surface area (Å²) in [4.78, 5) is 12.4. The second-order valence-corrected chi connectivity index (χ2v) is 9.18. The van der Waals surface area contributed by atoms with Crippen molar-refractivity contribution in [2.24, 2.45) is 5.10 Å². The molecule has 3 rings (SSSR count). The lowest BCUT2D eigenvalue weighted by molar-refractivity contribution is 0.0955. The molecule has 0 spiro atoms. The number of carbonyl (C=O) groups excluding carboxylic acids is 1. The van der Waals surface area contributed by atoms with E-state index in [1.54, 1.807) is 36.4 Å².